The van der Waals surface area contributed by atoms with Crippen molar-refractivity contribution in [3.8, 4) is 11.5 Å². The van der Waals surface area contributed by atoms with Gasteiger partial charge in [-0.2, -0.15) is 4.98 Å². The van der Waals surface area contributed by atoms with Crippen LogP contribution in [0.2, 0.25) is 0 Å². The van der Waals surface area contributed by atoms with Crippen LogP contribution in [0.1, 0.15) is 12.2 Å². The lowest BCUT2D eigenvalue weighted by Crippen LogP contribution is -2.20. The molecule has 0 fully saturated rings. The molecule has 6 heteroatoms. The molecule has 2 aromatic heterocycles. The zero-order chi connectivity index (χ0) is 13.7. The lowest BCUT2D eigenvalue weighted by molar-refractivity contribution is 0.602. The van der Waals surface area contributed by atoms with E-state index < -0.39 is 0 Å². The second-order valence-electron chi connectivity index (χ2n) is 4.77. The Labute approximate surface area is 122 Å². The largest absolute Gasteiger partial charge is 0.417 e. The van der Waals surface area contributed by atoms with E-state index in [0.717, 1.165) is 35.2 Å². The van der Waals surface area contributed by atoms with Crippen LogP contribution in [0.3, 0.4) is 0 Å². The van der Waals surface area contributed by atoms with E-state index in [4.69, 9.17) is 4.42 Å². The summed E-state index contributed by atoms with van der Waals surface area (Å²) in [5, 5.41) is 0. The summed E-state index contributed by atoms with van der Waals surface area (Å²) in [6, 6.07) is 7.61. The maximum Gasteiger partial charge on any atom is 0.283 e. The maximum atomic E-state index is 12.3. The monoisotopic (exact) mass is 331 g/mol. The fraction of sp³-hybridized carbons (Fsp3) is 0.214. The molecule has 0 radical (unpaired) electrons. The van der Waals surface area contributed by atoms with Crippen molar-refractivity contribution < 1.29 is 4.42 Å². The van der Waals surface area contributed by atoms with Crippen molar-refractivity contribution >= 4 is 27.2 Å². The quantitative estimate of drug-likeness (QED) is 0.687. The van der Waals surface area contributed by atoms with Gasteiger partial charge in [0.05, 0.1) is 0 Å². The minimum absolute atomic E-state index is 0.104. The first-order chi connectivity index (χ1) is 9.72. The number of aryl methyl sites for hydroxylation is 1. The molecule has 1 aliphatic rings. The number of benzene rings is 1. The van der Waals surface area contributed by atoms with Gasteiger partial charge in [0.1, 0.15) is 5.82 Å². The lowest BCUT2D eigenvalue weighted by Gasteiger charge is -1.98. The first-order valence-corrected chi connectivity index (χ1v) is 7.18. The number of hydrogen-bond donors (Lipinski definition) is 0. The molecule has 1 aliphatic heterocycles. The summed E-state index contributed by atoms with van der Waals surface area (Å²) in [4.78, 5) is 21.0. The molecule has 3 heterocycles. The summed E-state index contributed by atoms with van der Waals surface area (Å²) in [5.74, 6) is 1.22. The molecule has 0 saturated carbocycles. The highest BCUT2D eigenvalue weighted by molar-refractivity contribution is 9.10. The second kappa shape index (κ2) is 4.28. The van der Waals surface area contributed by atoms with E-state index in [2.05, 4.69) is 25.9 Å². The van der Waals surface area contributed by atoms with Crippen LogP contribution in [0.25, 0.3) is 22.7 Å². The van der Waals surface area contributed by atoms with Crippen LogP contribution < -0.4 is 5.56 Å². The number of hydrogen-bond acceptors (Lipinski definition) is 4. The summed E-state index contributed by atoms with van der Waals surface area (Å²) in [7, 11) is 0. The molecule has 1 aromatic carbocycles. The standard InChI is InChI=1S/C14H10BrN3O2/c15-9-4-1-3-8(7-9)12-17-11-13(20-12)16-10-5-2-6-18(10)14(11)19/h1,3-4,7H,2,5-6H2. The average Bonchev–Trinajstić information content (AvgIpc) is 3.05. The molecule has 0 bridgehead atoms. The van der Waals surface area contributed by atoms with Crippen molar-refractivity contribution in [1.29, 1.82) is 0 Å². The number of aromatic nitrogens is 3. The smallest absolute Gasteiger partial charge is 0.283 e. The van der Waals surface area contributed by atoms with E-state index in [1.165, 1.54) is 0 Å². The molecule has 5 nitrogen and oxygen atoms in total. The highest BCUT2D eigenvalue weighted by Gasteiger charge is 2.20. The summed E-state index contributed by atoms with van der Waals surface area (Å²) in [5.41, 5.74) is 1.36. The number of oxazole rings is 1. The molecule has 0 saturated heterocycles. The molecule has 100 valence electrons. The fourth-order valence-corrected chi connectivity index (χ4v) is 2.91. The van der Waals surface area contributed by atoms with E-state index in [9.17, 15) is 4.79 Å². The minimum Gasteiger partial charge on any atom is -0.417 e. The molecule has 0 atom stereocenters. The zero-order valence-corrected chi connectivity index (χ0v) is 12.1. The SMILES string of the molecule is O=c1c2nc(-c3cccc(Br)c3)oc2nc2n1CCC2. The van der Waals surface area contributed by atoms with Gasteiger partial charge in [-0.15, -0.1) is 0 Å². The predicted octanol–water partition coefficient (Wildman–Crippen LogP) is 2.76. The third kappa shape index (κ3) is 1.71. The van der Waals surface area contributed by atoms with Crippen LogP contribution in [0.15, 0.2) is 37.9 Å². The lowest BCUT2D eigenvalue weighted by atomic mass is 10.2. The van der Waals surface area contributed by atoms with Crippen LogP contribution >= 0.6 is 15.9 Å². The van der Waals surface area contributed by atoms with E-state index in [-0.39, 0.29) is 5.56 Å². The highest BCUT2D eigenvalue weighted by atomic mass is 79.9. The molecule has 0 aliphatic carbocycles. The minimum atomic E-state index is -0.104. The predicted molar refractivity (Wildman–Crippen MR) is 77.5 cm³/mol. The van der Waals surface area contributed by atoms with E-state index in [0.29, 0.717) is 17.1 Å². The van der Waals surface area contributed by atoms with Crippen molar-refractivity contribution in [2.45, 2.75) is 19.4 Å². The zero-order valence-electron chi connectivity index (χ0n) is 10.5. The molecular weight excluding hydrogens is 322 g/mol. The van der Waals surface area contributed by atoms with Crippen LogP contribution in [-0.4, -0.2) is 14.5 Å². The normalized spacial score (nSPS) is 13.8. The molecule has 4 rings (SSSR count). The third-order valence-corrected chi connectivity index (χ3v) is 3.95. The molecule has 0 spiro atoms. The fourth-order valence-electron chi connectivity index (χ4n) is 2.51. The van der Waals surface area contributed by atoms with Crippen molar-refractivity contribution in [3.63, 3.8) is 0 Å². The molecule has 20 heavy (non-hydrogen) atoms. The number of halogens is 1. The molecule has 0 unspecified atom stereocenters. The number of fused-ring (bicyclic) bond motifs is 2. The maximum absolute atomic E-state index is 12.3. The summed E-state index contributed by atoms with van der Waals surface area (Å²) < 4.78 is 8.28. The Balaban J connectivity index is 1.96. The van der Waals surface area contributed by atoms with Gasteiger partial charge in [-0.3, -0.25) is 9.36 Å². The Hall–Kier alpha value is -1.95. The number of nitrogens with zero attached hydrogens (tertiary/aromatic N) is 3. The van der Waals surface area contributed by atoms with Gasteiger partial charge in [0.2, 0.25) is 5.89 Å². The van der Waals surface area contributed by atoms with Gasteiger partial charge in [-0.05, 0) is 24.6 Å². The van der Waals surface area contributed by atoms with Crippen LogP contribution in [-0.2, 0) is 13.0 Å². The summed E-state index contributed by atoms with van der Waals surface area (Å²) >= 11 is 3.41. The Morgan fingerprint density at radius 2 is 2.20 bits per heavy atom. The van der Waals surface area contributed by atoms with Gasteiger partial charge >= 0.3 is 0 Å². The first-order valence-electron chi connectivity index (χ1n) is 6.38. The van der Waals surface area contributed by atoms with Gasteiger partial charge in [0, 0.05) is 23.0 Å². The van der Waals surface area contributed by atoms with Gasteiger partial charge in [-0.25, -0.2) is 4.98 Å². The van der Waals surface area contributed by atoms with Crippen molar-refractivity contribution in [2.75, 3.05) is 0 Å². The van der Waals surface area contributed by atoms with Crippen molar-refractivity contribution in [3.05, 3.63) is 44.9 Å². The van der Waals surface area contributed by atoms with Gasteiger partial charge in [0.15, 0.2) is 5.52 Å². The van der Waals surface area contributed by atoms with E-state index in [1.54, 1.807) is 4.57 Å². The Morgan fingerprint density at radius 1 is 1.30 bits per heavy atom. The Kier molecular flexibility index (Phi) is 2.53. The van der Waals surface area contributed by atoms with Gasteiger partial charge in [0.25, 0.3) is 11.3 Å². The molecular formula is C14H10BrN3O2. The summed E-state index contributed by atoms with van der Waals surface area (Å²) in [6.07, 6.45) is 1.77. The van der Waals surface area contributed by atoms with E-state index in [1.807, 2.05) is 24.3 Å². The average molecular weight is 332 g/mol. The van der Waals surface area contributed by atoms with Crippen LogP contribution in [0, 0.1) is 0 Å². The van der Waals surface area contributed by atoms with Crippen LogP contribution in [0.5, 0.6) is 0 Å². The van der Waals surface area contributed by atoms with Gasteiger partial charge in [-0.1, -0.05) is 22.0 Å². The van der Waals surface area contributed by atoms with E-state index >= 15 is 0 Å². The molecule has 0 N–H and O–H groups in total. The van der Waals surface area contributed by atoms with Gasteiger partial charge < -0.3 is 4.42 Å². The van der Waals surface area contributed by atoms with Crippen molar-refractivity contribution in [2.24, 2.45) is 0 Å². The molecule has 0 amide bonds. The Morgan fingerprint density at radius 3 is 3.05 bits per heavy atom. The Bertz CT molecular complexity index is 882. The van der Waals surface area contributed by atoms with Crippen molar-refractivity contribution in [1.82, 2.24) is 14.5 Å². The number of rotatable bonds is 1. The topological polar surface area (TPSA) is 60.9 Å². The third-order valence-electron chi connectivity index (χ3n) is 3.45. The van der Waals surface area contributed by atoms with Crippen LogP contribution in [0.4, 0.5) is 0 Å². The highest BCUT2D eigenvalue weighted by Crippen LogP contribution is 2.25. The first kappa shape index (κ1) is 11.8. The second-order valence-corrected chi connectivity index (χ2v) is 5.69. The molecule has 3 aromatic rings. The summed E-state index contributed by atoms with van der Waals surface area (Å²) in [6.45, 7) is 0.718.